The van der Waals surface area contributed by atoms with Gasteiger partial charge in [0, 0.05) is 56.8 Å². The van der Waals surface area contributed by atoms with Crippen LogP contribution in [0, 0.1) is 0 Å². The highest BCUT2D eigenvalue weighted by Gasteiger charge is 2.27. The summed E-state index contributed by atoms with van der Waals surface area (Å²) in [5.41, 5.74) is 1.82. The van der Waals surface area contributed by atoms with Gasteiger partial charge in [0.15, 0.2) is 5.82 Å². The van der Waals surface area contributed by atoms with E-state index < -0.39 is 0 Å². The summed E-state index contributed by atoms with van der Waals surface area (Å²) in [6, 6.07) is 0. The fourth-order valence-electron chi connectivity index (χ4n) is 4.22. The maximum atomic E-state index is 12.6. The van der Waals surface area contributed by atoms with E-state index in [-0.39, 0.29) is 0 Å². The topological polar surface area (TPSA) is 78.0 Å². The number of likely N-dealkylation sites (tertiary alicyclic amines) is 2. The second-order valence-electron chi connectivity index (χ2n) is 7.54. The van der Waals surface area contributed by atoms with E-state index in [2.05, 4.69) is 24.8 Å². The first-order chi connectivity index (χ1) is 13.3. The molecule has 0 radical (unpaired) electrons. The van der Waals surface area contributed by atoms with Crippen molar-refractivity contribution in [3.8, 4) is 11.5 Å². The fourth-order valence-corrected chi connectivity index (χ4v) is 4.22. The molecule has 1 N–H and O–H groups in total. The van der Waals surface area contributed by atoms with E-state index in [1.807, 2.05) is 4.90 Å². The fraction of sp³-hybridized carbons (Fsp3) is 0.600. The van der Waals surface area contributed by atoms with Gasteiger partial charge in [-0.3, -0.25) is 9.78 Å². The van der Waals surface area contributed by atoms with E-state index >= 15 is 0 Å². The van der Waals surface area contributed by atoms with Crippen LogP contribution < -0.4 is 0 Å². The molecule has 2 fully saturated rings. The summed E-state index contributed by atoms with van der Waals surface area (Å²) < 4.78 is 0. The van der Waals surface area contributed by atoms with Crippen LogP contribution in [0.5, 0.6) is 0 Å². The van der Waals surface area contributed by atoms with E-state index in [1.165, 1.54) is 19.3 Å². The van der Waals surface area contributed by atoms with E-state index in [9.17, 15) is 4.79 Å². The van der Waals surface area contributed by atoms with Gasteiger partial charge >= 0.3 is 0 Å². The molecular formula is C20H28N6O. The highest BCUT2D eigenvalue weighted by molar-refractivity contribution is 5.76. The normalized spacial score (nSPS) is 19.3. The lowest BCUT2D eigenvalue weighted by atomic mass is 9.91. The lowest BCUT2D eigenvalue weighted by Gasteiger charge is -2.33. The molecule has 144 valence electrons. The van der Waals surface area contributed by atoms with Crippen LogP contribution in [0.4, 0.5) is 0 Å². The van der Waals surface area contributed by atoms with Gasteiger partial charge in [0.25, 0.3) is 0 Å². The lowest BCUT2D eigenvalue weighted by molar-refractivity contribution is -0.132. The summed E-state index contributed by atoms with van der Waals surface area (Å²) in [5.74, 6) is 1.38. The number of nitrogens with one attached hydrogen (secondary N) is 1. The second-order valence-corrected chi connectivity index (χ2v) is 7.54. The van der Waals surface area contributed by atoms with E-state index in [4.69, 9.17) is 0 Å². The van der Waals surface area contributed by atoms with E-state index in [1.54, 1.807) is 24.8 Å². The third kappa shape index (κ3) is 4.35. The number of aromatic nitrogens is 4. The maximum Gasteiger partial charge on any atom is 0.223 e. The second kappa shape index (κ2) is 8.61. The number of H-pyrrole nitrogens is 1. The zero-order valence-corrected chi connectivity index (χ0v) is 15.8. The monoisotopic (exact) mass is 368 g/mol. The smallest absolute Gasteiger partial charge is 0.223 e. The molecule has 0 aromatic carbocycles. The van der Waals surface area contributed by atoms with Gasteiger partial charge in [-0.2, -0.15) is 0 Å². The Labute approximate surface area is 160 Å². The van der Waals surface area contributed by atoms with Crippen LogP contribution in [0.15, 0.2) is 24.8 Å². The number of piperidine rings is 2. The Morgan fingerprint density at radius 2 is 1.78 bits per heavy atom. The van der Waals surface area contributed by atoms with Gasteiger partial charge in [0.2, 0.25) is 5.91 Å². The molecule has 0 saturated carbocycles. The maximum absolute atomic E-state index is 12.6. The minimum atomic E-state index is 0.296. The van der Waals surface area contributed by atoms with Gasteiger partial charge in [-0.1, -0.05) is 6.42 Å². The zero-order chi connectivity index (χ0) is 18.5. The van der Waals surface area contributed by atoms with Crippen LogP contribution in [0.25, 0.3) is 11.5 Å². The van der Waals surface area contributed by atoms with Crippen LogP contribution in [-0.4, -0.2) is 68.4 Å². The van der Waals surface area contributed by atoms with Crippen molar-refractivity contribution < 1.29 is 4.79 Å². The van der Waals surface area contributed by atoms with Crippen molar-refractivity contribution in [2.75, 3.05) is 32.7 Å². The first-order valence-electron chi connectivity index (χ1n) is 10.1. The first kappa shape index (κ1) is 18.1. The van der Waals surface area contributed by atoms with Gasteiger partial charge in [-0.05, 0) is 38.8 Å². The molecule has 2 aliphatic rings. The Morgan fingerprint density at radius 3 is 2.52 bits per heavy atom. The molecule has 7 heteroatoms. The average molecular weight is 368 g/mol. The van der Waals surface area contributed by atoms with Crippen LogP contribution in [-0.2, 0) is 4.79 Å². The minimum absolute atomic E-state index is 0.296. The quantitative estimate of drug-likeness (QED) is 0.877. The van der Waals surface area contributed by atoms with Crippen molar-refractivity contribution in [1.82, 2.24) is 29.7 Å². The Hall–Kier alpha value is -2.28. The first-order valence-corrected chi connectivity index (χ1v) is 10.1. The molecule has 0 spiro atoms. The molecule has 0 atom stereocenters. The average Bonchev–Trinajstić information content (AvgIpc) is 3.28. The lowest BCUT2D eigenvalue weighted by Crippen LogP contribution is -2.40. The van der Waals surface area contributed by atoms with Crippen LogP contribution in [0.3, 0.4) is 0 Å². The molecule has 4 rings (SSSR count). The molecule has 7 nitrogen and oxygen atoms in total. The van der Waals surface area contributed by atoms with Gasteiger partial charge in [-0.25, -0.2) is 9.97 Å². The number of nitrogens with zero attached hydrogens (tertiary/aromatic N) is 5. The number of rotatable bonds is 5. The molecule has 2 aromatic rings. The number of carbonyl (C=O) groups is 1. The molecule has 2 aromatic heterocycles. The van der Waals surface area contributed by atoms with E-state index in [0.717, 1.165) is 62.8 Å². The summed E-state index contributed by atoms with van der Waals surface area (Å²) in [5, 5.41) is 0. The SMILES string of the molecule is O=C(CCN1CCCCC1)N1CCC(c2nccnc2-c2ncc[nH]2)CC1. The predicted octanol–water partition coefficient (Wildman–Crippen LogP) is 2.45. The molecular weight excluding hydrogens is 340 g/mol. The summed E-state index contributed by atoms with van der Waals surface area (Å²) in [6.07, 6.45) is 13.4. The molecule has 1 amide bonds. The molecule has 4 heterocycles. The van der Waals surface area contributed by atoms with Gasteiger partial charge < -0.3 is 14.8 Å². The van der Waals surface area contributed by atoms with Crippen molar-refractivity contribution >= 4 is 5.91 Å². The Morgan fingerprint density at radius 1 is 1.00 bits per heavy atom. The number of imidazole rings is 1. The zero-order valence-electron chi connectivity index (χ0n) is 15.8. The van der Waals surface area contributed by atoms with Crippen molar-refractivity contribution in [3.63, 3.8) is 0 Å². The standard InChI is InChI=1S/C20H28N6O/c27-17(6-13-25-11-2-1-3-12-25)26-14-4-16(5-15-26)18-19(22-8-7-21-18)20-23-9-10-24-20/h7-10,16H,1-6,11-15H2,(H,23,24). The number of aromatic amines is 1. The van der Waals surface area contributed by atoms with Crippen LogP contribution in [0.1, 0.15) is 50.1 Å². The van der Waals surface area contributed by atoms with Crippen molar-refractivity contribution in [2.24, 2.45) is 0 Å². The molecule has 0 unspecified atom stereocenters. The minimum Gasteiger partial charge on any atom is -0.343 e. The van der Waals surface area contributed by atoms with Crippen molar-refractivity contribution in [3.05, 3.63) is 30.5 Å². The molecule has 0 bridgehead atoms. The van der Waals surface area contributed by atoms with Gasteiger partial charge in [0.1, 0.15) is 5.69 Å². The Kier molecular flexibility index (Phi) is 5.77. The number of hydrogen-bond donors (Lipinski definition) is 1. The van der Waals surface area contributed by atoms with Crippen molar-refractivity contribution in [2.45, 2.75) is 44.4 Å². The molecule has 2 saturated heterocycles. The third-order valence-electron chi connectivity index (χ3n) is 5.77. The van der Waals surface area contributed by atoms with Crippen LogP contribution >= 0.6 is 0 Å². The van der Waals surface area contributed by atoms with Crippen LogP contribution in [0.2, 0.25) is 0 Å². The summed E-state index contributed by atoms with van der Waals surface area (Å²) in [4.78, 5) is 33.6. The third-order valence-corrected chi connectivity index (χ3v) is 5.77. The number of amides is 1. The largest absolute Gasteiger partial charge is 0.343 e. The Balaban J connectivity index is 1.32. The number of hydrogen-bond acceptors (Lipinski definition) is 5. The predicted molar refractivity (Wildman–Crippen MR) is 103 cm³/mol. The highest BCUT2D eigenvalue weighted by Crippen LogP contribution is 2.31. The molecule has 0 aliphatic carbocycles. The van der Waals surface area contributed by atoms with E-state index in [0.29, 0.717) is 18.2 Å². The van der Waals surface area contributed by atoms with Crippen molar-refractivity contribution in [1.29, 1.82) is 0 Å². The molecule has 27 heavy (non-hydrogen) atoms. The number of carbonyl (C=O) groups excluding carboxylic acids is 1. The summed E-state index contributed by atoms with van der Waals surface area (Å²) >= 11 is 0. The van der Waals surface area contributed by atoms with Gasteiger partial charge in [0.05, 0.1) is 5.69 Å². The van der Waals surface area contributed by atoms with Gasteiger partial charge in [-0.15, -0.1) is 0 Å². The Bertz CT molecular complexity index is 733. The molecule has 2 aliphatic heterocycles. The summed E-state index contributed by atoms with van der Waals surface area (Å²) in [6.45, 7) is 4.82. The summed E-state index contributed by atoms with van der Waals surface area (Å²) in [7, 11) is 0. The highest BCUT2D eigenvalue weighted by atomic mass is 16.2.